The normalized spacial score (nSPS) is 13.3. The lowest BCUT2D eigenvalue weighted by molar-refractivity contribution is -0.114. The summed E-state index contributed by atoms with van der Waals surface area (Å²) in [6, 6.07) is 12.2. The third kappa shape index (κ3) is 2.91. The quantitative estimate of drug-likeness (QED) is 0.920. The number of aryl methyl sites for hydroxylation is 2. The third-order valence-electron chi connectivity index (χ3n) is 3.81. The van der Waals surface area contributed by atoms with Crippen molar-refractivity contribution in [2.24, 2.45) is 0 Å². The number of fused-ring (bicyclic) bond motifs is 1. The van der Waals surface area contributed by atoms with Crippen molar-refractivity contribution in [2.75, 3.05) is 16.9 Å². The van der Waals surface area contributed by atoms with E-state index >= 15 is 0 Å². The van der Waals surface area contributed by atoms with E-state index < -0.39 is 0 Å². The molecule has 1 aliphatic heterocycles. The number of rotatable bonds is 2. The first kappa shape index (κ1) is 14.4. The van der Waals surface area contributed by atoms with E-state index in [2.05, 4.69) is 42.3 Å². The molecule has 0 saturated carbocycles. The van der Waals surface area contributed by atoms with Gasteiger partial charge in [-0.25, -0.2) is 0 Å². The zero-order valence-corrected chi connectivity index (χ0v) is 13.1. The first-order valence-corrected chi connectivity index (χ1v) is 7.38. The highest BCUT2D eigenvalue weighted by molar-refractivity contribution is 5.88. The molecule has 0 aromatic heterocycles. The molecule has 4 nitrogen and oxygen atoms in total. The zero-order chi connectivity index (χ0) is 15.7. The fourth-order valence-electron chi connectivity index (χ4n) is 2.84. The highest BCUT2D eigenvalue weighted by Gasteiger charge is 2.19. The second kappa shape index (κ2) is 5.72. The first-order valence-electron chi connectivity index (χ1n) is 7.38. The minimum Gasteiger partial charge on any atom is -0.473 e. The molecule has 0 radical (unpaired) electrons. The Morgan fingerprint density at radius 2 is 2.00 bits per heavy atom. The smallest absolute Gasteiger partial charge is 0.221 e. The number of amides is 1. The van der Waals surface area contributed by atoms with E-state index in [1.54, 1.807) is 0 Å². The summed E-state index contributed by atoms with van der Waals surface area (Å²) in [5.74, 6) is 0.818. The molecule has 0 aliphatic carbocycles. The van der Waals surface area contributed by atoms with E-state index in [-0.39, 0.29) is 5.91 Å². The molecule has 0 saturated heterocycles. The fraction of sp³-hybridized carbons (Fsp3) is 0.278. The lowest BCUT2D eigenvalue weighted by Crippen LogP contribution is -2.32. The van der Waals surface area contributed by atoms with Crippen molar-refractivity contribution in [2.45, 2.75) is 27.3 Å². The van der Waals surface area contributed by atoms with Crippen LogP contribution in [0.2, 0.25) is 0 Å². The molecule has 2 aromatic carbocycles. The summed E-state index contributed by atoms with van der Waals surface area (Å²) in [5, 5.41) is 2.82. The lowest BCUT2D eigenvalue weighted by atomic mass is 10.1. The molecule has 0 unspecified atom stereocenters. The minimum absolute atomic E-state index is 0.0667. The van der Waals surface area contributed by atoms with Gasteiger partial charge in [-0.1, -0.05) is 17.7 Å². The second-order valence-corrected chi connectivity index (χ2v) is 5.77. The number of anilines is 2. The van der Waals surface area contributed by atoms with Crippen LogP contribution in [0.3, 0.4) is 0 Å². The number of hydrogen-bond acceptors (Lipinski definition) is 3. The summed E-state index contributed by atoms with van der Waals surface area (Å²) < 4.78 is 5.85. The third-order valence-corrected chi connectivity index (χ3v) is 3.81. The van der Waals surface area contributed by atoms with Gasteiger partial charge in [-0.15, -0.1) is 0 Å². The number of ether oxygens (including phenoxy) is 1. The van der Waals surface area contributed by atoms with E-state index in [4.69, 9.17) is 4.74 Å². The molecule has 0 fully saturated rings. The predicted molar refractivity (Wildman–Crippen MR) is 88.3 cm³/mol. The number of carbonyl (C=O) groups excluding carboxylic acids is 1. The highest BCUT2D eigenvalue weighted by atomic mass is 16.5. The molecule has 0 spiro atoms. The van der Waals surface area contributed by atoms with E-state index in [9.17, 15) is 4.79 Å². The average Bonchev–Trinajstić information content (AvgIpc) is 2.46. The molecule has 2 aromatic rings. The topological polar surface area (TPSA) is 41.6 Å². The van der Waals surface area contributed by atoms with E-state index in [1.807, 2.05) is 18.2 Å². The van der Waals surface area contributed by atoms with Crippen molar-refractivity contribution < 1.29 is 9.53 Å². The van der Waals surface area contributed by atoms with Gasteiger partial charge in [0, 0.05) is 30.4 Å². The van der Waals surface area contributed by atoms with Gasteiger partial charge in [-0.3, -0.25) is 4.79 Å². The number of hydrogen-bond donors (Lipinski definition) is 1. The van der Waals surface area contributed by atoms with E-state index in [1.165, 1.54) is 23.7 Å². The summed E-state index contributed by atoms with van der Waals surface area (Å²) in [5.41, 5.74) is 5.56. The van der Waals surface area contributed by atoms with Crippen LogP contribution in [0.4, 0.5) is 11.4 Å². The number of benzene rings is 2. The molecule has 1 N–H and O–H groups in total. The summed E-state index contributed by atoms with van der Waals surface area (Å²) >= 11 is 0. The van der Waals surface area contributed by atoms with Crippen LogP contribution in [0.15, 0.2) is 36.4 Å². The van der Waals surface area contributed by atoms with Crippen molar-refractivity contribution in [3.8, 4) is 5.75 Å². The molecule has 1 aliphatic rings. The summed E-state index contributed by atoms with van der Waals surface area (Å²) in [7, 11) is 0. The standard InChI is InChI=1S/C18H20N2O2/c1-12-4-6-17(13(2)8-12)20-10-15-9-16(19-14(3)21)5-7-18(15)22-11-20/h4-9H,10-11H2,1-3H3,(H,19,21). The van der Waals surface area contributed by atoms with Gasteiger partial charge in [-0.2, -0.15) is 0 Å². The van der Waals surface area contributed by atoms with Crippen molar-refractivity contribution in [1.29, 1.82) is 0 Å². The van der Waals surface area contributed by atoms with Gasteiger partial charge in [-0.05, 0) is 43.7 Å². The van der Waals surface area contributed by atoms with Gasteiger partial charge >= 0.3 is 0 Å². The Bertz CT molecular complexity index is 725. The molecule has 0 bridgehead atoms. The molecule has 0 atom stereocenters. The second-order valence-electron chi connectivity index (χ2n) is 5.77. The van der Waals surface area contributed by atoms with Gasteiger partial charge in [0.2, 0.25) is 5.91 Å². The van der Waals surface area contributed by atoms with E-state index in [0.717, 1.165) is 23.5 Å². The first-order chi connectivity index (χ1) is 10.5. The van der Waals surface area contributed by atoms with Crippen molar-refractivity contribution >= 4 is 17.3 Å². The Morgan fingerprint density at radius 3 is 2.73 bits per heavy atom. The zero-order valence-electron chi connectivity index (χ0n) is 13.1. The summed E-state index contributed by atoms with van der Waals surface area (Å²) in [6.07, 6.45) is 0. The van der Waals surface area contributed by atoms with Gasteiger partial charge in [0.1, 0.15) is 5.75 Å². The van der Waals surface area contributed by atoms with Crippen molar-refractivity contribution in [3.63, 3.8) is 0 Å². The molecule has 1 amide bonds. The van der Waals surface area contributed by atoms with Crippen LogP contribution in [0.1, 0.15) is 23.6 Å². The van der Waals surface area contributed by atoms with Gasteiger partial charge in [0.05, 0.1) is 0 Å². The minimum atomic E-state index is -0.0667. The molecular formula is C18H20N2O2. The van der Waals surface area contributed by atoms with Crippen LogP contribution in [0.5, 0.6) is 5.75 Å². The molecule has 1 heterocycles. The monoisotopic (exact) mass is 296 g/mol. The van der Waals surface area contributed by atoms with Crippen LogP contribution in [-0.4, -0.2) is 12.6 Å². The molecule has 114 valence electrons. The number of carbonyl (C=O) groups is 1. The highest BCUT2D eigenvalue weighted by Crippen LogP contribution is 2.32. The number of nitrogens with one attached hydrogen (secondary N) is 1. The molecule has 22 heavy (non-hydrogen) atoms. The fourth-order valence-corrected chi connectivity index (χ4v) is 2.84. The van der Waals surface area contributed by atoms with Gasteiger partial charge < -0.3 is 15.0 Å². The maximum Gasteiger partial charge on any atom is 0.221 e. The Labute approximate surface area is 130 Å². The van der Waals surface area contributed by atoms with Crippen LogP contribution in [-0.2, 0) is 11.3 Å². The van der Waals surface area contributed by atoms with Crippen LogP contribution in [0.25, 0.3) is 0 Å². The maximum absolute atomic E-state index is 11.2. The Morgan fingerprint density at radius 1 is 1.18 bits per heavy atom. The summed E-state index contributed by atoms with van der Waals surface area (Å²) in [6.45, 7) is 7.03. The molecule has 3 rings (SSSR count). The van der Waals surface area contributed by atoms with Crippen molar-refractivity contribution in [3.05, 3.63) is 53.1 Å². The van der Waals surface area contributed by atoms with E-state index in [0.29, 0.717) is 6.73 Å². The molecule has 4 heteroatoms. The van der Waals surface area contributed by atoms with Crippen LogP contribution < -0.4 is 15.0 Å². The predicted octanol–water partition coefficient (Wildman–Crippen LogP) is 3.62. The van der Waals surface area contributed by atoms with Gasteiger partial charge in [0.15, 0.2) is 6.73 Å². The molecular weight excluding hydrogens is 276 g/mol. The Hall–Kier alpha value is -2.49. The largest absolute Gasteiger partial charge is 0.473 e. The van der Waals surface area contributed by atoms with Crippen molar-refractivity contribution in [1.82, 2.24) is 0 Å². The average molecular weight is 296 g/mol. The van der Waals surface area contributed by atoms with Crippen LogP contribution >= 0.6 is 0 Å². The van der Waals surface area contributed by atoms with Gasteiger partial charge in [0.25, 0.3) is 0 Å². The van der Waals surface area contributed by atoms with Crippen LogP contribution in [0, 0.1) is 13.8 Å². The summed E-state index contributed by atoms with van der Waals surface area (Å²) in [4.78, 5) is 13.4. The lowest BCUT2D eigenvalue weighted by Gasteiger charge is -2.32. The maximum atomic E-state index is 11.2. The Kier molecular flexibility index (Phi) is 3.75. The Balaban J connectivity index is 1.87. The number of nitrogens with zero attached hydrogens (tertiary/aromatic N) is 1. The SMILES string of the molecule is CC(=O)Nc1ccc2c(c1)CN(c1ccc(C)cc1C)CO2.